The highest BCUT2D eigenvalue weighted by molar-refractivity contribution is 5.77. The molecule has 1 N–H and O–H groups in total. The van der Waals surface area contributed by atoms with Gasteiger partial charge in [-0.15, -0.1) is 0 Å². The van der Waals surface area contributed by atoms with Crippen LogP contribution in [0, 0.1) is 13.8 Å². The van der Waals surface area contributed by atoms with Crippen LogP contribution in [0.4, 0.5) is 0 Å². The van der Waals surface area contributed by atoms with Crippen LogP contribution in [0.1, 0.15) is 36.8 Å². The largest absolute Gasteiger partial charge is 0.483 e. The zero-order chi connectivity index (χ0) is 13.0. The summed E-state index contributed by atoms with van der Waals surface area (Å²) in [5.74, 6) is 0.791. The summed E-state index contributed by atoms with van der Waals surface area (Å²) < 4.78 is 5.58. The normalized spacial score (nSPS) is 15.7. The maximum absolute atomic E-state index is 11.7. The molecule has 1 aliphatic carbocycles. The Morgan fingerprint density at radius 1 is 1.33 bits per heavy atom. The summed E-state index contributed by atoms with van der Waals surface area (Å²) in [4.78, 5) is 11.7. The minimum absolute atomic E-state index is 0.0113. The molecule has 0 atom stereocenters. The molecule has 0 aliphatic heterocycles. The molecule has 98 valence electrons. The third-order valence-electron chi connectivity index (χ3n) is 3.63. The van der Waals surface area contributed by atoms with Crippen LogP contribution >= 0.6 is 0 Å². The average molecular weight is 247 g/mol. The predicted molar refractivity (Wildman–Crippen MR) is 71.8 cm³/mol. The third kappa shape index (κ3) is 3.25. The van der Waals surface area contributed by atoms with Gasteiger partial charge >= 0.3 is 0 Å². The number of amides is 1. The summed E-state index contributed by atoms with van der Waals surface area (Å²) in [6.07, 6.45) is 4.66. The van der Waals surface area contributed by atoms with E-state index in [0.29, 0.717) is 6.04 Å². The van der Waals surface area contributed by atoms with Crippen LogP contribution in [0.25, 0.3) is 0 Å². The number of hydrogen-bond donors (Lipinski definition) is 1. The monoisotopic (exact) mass is 247 g/mol. The lowest BCUT2D eigenvalue weighted by Crippen LogP contribution is -2.36. The van der Waals surface area contributed by atoms with Crippen molar-refractivity contribution in [1.82, 2.24) is 5.32 Å². The number of rotatable bonds is 4. The molecule has 0 aromatic heterocycles. The third-order valence-corrected chi connectivity index (χ3v) is 3.63. The molecule has 0 saturated heterocycles. The number of carbonyl (C=O) groups excluding carboxylic acids is 1. The van der Waals surface area contributed by atoms with Gasteiger partial charge in [-0.1, -0.05) is 25.0 Å². The van der Waals surface area contributed by atoms with Crippen LogP contribution in [-0.2, 0) is 4.79 Å². The Balaban J connectivity index is 1.83. The first-order valence-electron chi connectivity index (χ1n) is 6.65. The van der Waals surface area contributed by atoms with E-state index < -0.39 is 0 Å². The van der Waals surface area contributed by atoms with Gasteiger partial charge in [-0.25, -0.2) is 0 Å². The molecular weight excluding hydrogens is 226 g/mol. The lowest BCUT2D eigenvalue weighted by molar-refractivity contribution is -0.123. The molecule has 0 heterocycles. The van der Waals surface area contributed by atoms with Gasteiger partial charge in [0.15, 0.2) is 6.61 Å². The van der Waals surface area contributed by atoms with Crippen molar-refractivity contribution in [3.8, 4) is 5.75 Å². The Morgan fingerprint density at radius 2 is 2.06 bits per heavy atom. The molecule has 0 radical (unpaired) electrons. The van der Waals surface area contributed by atoms with Gasteiger partial charge in [0.1, 0.15) is 5.75 Å². The van der Waals surface area contributed by atoms with Crippen molar-refractivity contribution in [3.05, 3.63) is 29.3 Å². The molecule has 18 heavy (non-hydrogen) atoms. The first kappa shape index (κ1) is 12.9. The van der Waals surface area contributed by atoms with E-state index in [4.69, 9.17) is 4.74 Å². The molecule has 1 aromatic carbocycles. The van der Waals surface area contributed by atoms with Crippen molar-refractivity contribution in [3.63, 3.8) is 0 Å². The first-order valence-corrected chi connectivity index (χ1v) is 6.65. The van der Waals surface area contributed by atoms with Gasteiger partial charge in [0, 0.05) is 6.04 Å². The zero-order valence-electron chi connectivity index (χ0n) is 11.2. The second kappa shape index (κ2) is 5.89. The fourth-order valence-corrected chi connectivity index (χ4v) is 2.36. The molecular formula is C15H21NO2. The quantitative estimate of drug-likeness (QED) is 0.888. The Bertz CT molecular complexity index is 423. The lowest BCUT2D eigenvalue weighted by Gasteiger charge is -2.14. The highest BCUT2D eigenvalue weighted by Crippen LogP contribution is 2.20. The summed E-state index contributed by atoms with van der Waals surface area (Å²) in [5.41, 5.74) is 2.29. The summed E-state index contributed by atoms with van der Waals surface area (Å²) in [6, 6.07) is 6.26. The van der Waals surface area contributed by atoms with Gasteiger partial charge in [-0.3, -0.25) is 4.79 Å². The van der Waals surface area contributed by atoms with Crippen molar-refractivity contribution in [2.45, 2.75) is 45.6 Å². The molecule has 3 nitrogen and oxygen atoms in total. The van der Waals surface area contributed by atoms with E-state index in [1.54, 1.807) is 0 Å². The van der Waals surface area contributed by atoms with Crippen molar-refractivity contribution in [2.24, 2.45) is 0 Å². The van der Waals surface area contributed by atoms with E-state index in [2.05, 4.69) is 5.32 Å². The minimum Gasteiger partial charge on any atom is -0.483 e. The van der Waals surface area contributed by atoms with Crippen molar-refractivity contribution >= 4 is 5.91 Å². The number of ether oxygens (including phenoxy) is 1. The summed E-state index contributed by atoms with van der Waals surface area (Å²) >= 11 is 0. The van der Waals surface area contributed by atoms with Gasteiger partial charge in [0.25, 0.3) is 5.91 Å². The molecule has 1 aromatic rings. The van der Waals surface area contributed by atoms with E-state index in [1.807, 2.05) is 32.0 Å². The summed E-state index contributed by atoms with van der Waals surface area (Å²) in [5, 5.41) is 3.02. The Hall–Kier alpha value is -1.51. The fourth-order valence-electron chi connectivity index (χ4n) is 2.36. The van der Waals surface area contributed by atoms with Crippen LogP contribution in [-0.4, -0.2) is 18.6 Å². The van der Waals surface area contributed by atoms with E-state index in [-0.39, 0.29) is 12.5 Å². The molecule has 1 fully saturated rings. The van der Waals surface area contributed by atoms with Gasteiger partial charge in [-0.2, -0.15) is 0 Å². The lowest BCUT2D eigenvalue weighted by atomic mass is 10.1. The number of nitrogens with one attached hydrogen (secondary N) is 1. The van der Waals surface area contributed by atoms with Crippen molar-refractivity contribution in [1.29, 1.82) is 0 Å². The van der Waals surface area contributed by atoms with E-state index in [9.17, 15) is 4.79 Å². The molecule has 1 saturated carbocycles. The maximum Gasteiger partial charge on any atom is 0.258 e. The van der Waals surface area contributed by atoms with Crippen molar-refractivity contribution < 1.29 is 9.53 Å². The van der Waals surface area contributed by atoms with Gasteiger partial charge in [0.2, 0.25) is 0 Å². The summed E-state index contributed by atoms with van der Waals surface area (Å²) in [7, 11) is 0. The van der Waals surface area contributed by atoms with Crippen LogP contribution in [0.2, 0.25) is 0 Å². The van der Waals surface area contributed by atoms with Gasteiger partial charge in [-0.05, 0) is 43.9 Å². The molecule has 2 rings (SSSR count). The van der Waals surface area contributed by atoms with E-state index in [1.165, 1.54) is 18.4 Å². The smallest absolute Gasteiger partial charge is 0.258 e. The van der Waals surface area contributed by atoms with Gasteiger partial charge in [0.05, 0.1) is 0 Å². The maximum atomic E-state index is 11.7. The Kier molecular flexibility index (Phi) is 4.24. The molecule has 3 heteroatoms. The molecule has 1 amide bonds. The minimum atomic E-state index is -0.0113. The van der Waals surface area contributed by atoms with Crippen molar-refractivity contribution in [2.75, 3.05) is 6.61 Å². The van der Waals surface area contributed by atoms with Crippen LogP contribution < -0.4 is 10.1 Å². The van der Waals surface area contributed by atoms with E-state index in [0.717, 1.165) is 24.2 Å². The second-order valence-corrected chi connectivity index (χ2v) is 5.04. The van der Waals surface area contributed by atoms with Crippen LogP contribution in [0.3, 0.4) is 0 Å². The molecule has 0 unspecified atom stereocenters. The molecule has 1 aliphatic rings. The number of aryl methyl sites for hydroxylation is 1. The molecule has 0 spiro atoms. The number of hydrogen-bond acceptors (Lipinski definition) is 2. The predicted octanol–water partition coefficient (Wildman–Crippen LogP) is 2.74. The van der Waals surface area contributed by atoms with Crippen LogP contribution in [0.5, 0.6) is 5.75 Å². The van der Waals surface area contributed by atoms with E-state index >= 15 is 0 Å². The topological polar surface area (TPSA) is 38.3 Å². The summed E-state index contributed by atoms with van der Waals surface area (Å²) in [6.45, 7) is 4.17. The molecule has 0 bridgehead atoms. The highest BCUT2D eigenvalue weighted by atomic mass is 16.5. The Morgan fingerprint density at radius 3 is 2.78 bits per heavy atom. The SMILES string of the molecule is Cc1cccc(OCC(=O)NC2CCCC2)c1C. The van der Waals surface area contributed by atoms with Gasteiger partial charge < -0.3 is 10.1 Å². The number of benzene rings is 1. The highest BCUT2D eigenvalue weighted by Gasteiger charge is 2.17. The second-order valence-electron chi connectivity index (χ2n) is 5.04. The first-order chi connectivity index (χ1) is 8.66. The Labute approximate surface area is 109 Å². The van der Waals surface area contributed by atoms with Crippen LogP contribution in [0.15, 0.2) is 18.2 Å². The average Bonchev–Trinajstić information content (AvgIpc) is 2.84. The fraction of sp³-hybridized carbons (Fsp3) is 0.533. The zero-order valence-corrected chi connectivity index (χ0v) is 11.2. The standard InChI is InChI=1S/C15H21NO2/c1-11-6-5-9-14(12(11)2)18-10-15(17)16-13-7-3-4-8-13/h5-6,9,13H,3-4,7-8,10H2,1-2H3,(H,16,17). The number of carbonyl (C=O) groups is 1.